The summed E-state index contributed by atoms with van der Waals surface area (Å²) in [6.45, 7) is 5.56. The summed E-state index contributed by atoms with van der Waals surface area (Å²) in [7, 11) is 1.62. The minimum atomic E-state index is -0.214. The highest BCUT2D eigenvalue weighted by Crippen LogP contribution is 2.15. The molecule has 0 fully saturated rings. The molecule has 0 aliphatic heterocycles. The lowest BCUT2D eigenvalue weighted by molar-refractivity contribution is -0.0383. The van der Waals surface area contributed by atoms with Crippen LogP contribution in [-0.2, 0) is 11.2 Å². The van der Waals surface area contributed by atoms with Crippen molar-refractivity contribution >= 4 is 0 Å². The molecule has 0 spiro atoms. The molecule has 0 aliphatic carbocycles. The zero-order chi connectivity index (χ0) is 10.4. The topological polar surface area (TPSA) is 18.5 Å². The largest absolute Gasteiger partial charge is 0.465 e. The molecule has 0 aromatic heterocycles. The molecule has 0 saturated carbocycles. The minimum absolute atomic E-state index is 0.214. The Balaban J connectivity index is 2.67. The Morgan fingerprint density at radius 3 is 2.93 bits per heavy atom. The highest BCUT2D eigenvalue weighted by atomic mass is 16.7. The first-order chi connectivity index (χ1) is 6.76. The van der Waals surface area contributed by atoms with Gasteiger partial charge < -0.3 is 9.47 Å². The second-order valence-corrected chi connectivity index (χ2v) is 3.06. The second kappa shape index (κ2) is 5.45. The van der Waals surface area contributed by atoms with E-state index in [4.69, 9.17) is 9.47 Å². The van der Waals surface area contributed by atoms with Gasteiger partial charge in [-0.3, -0.25) is 0 Å². The average molecular weight is 192 g/mol. The van der Waals surface area contributed by atoms with Crippen LogP contribution in [0.1, 0.15) is 12.5 Å². The normalized spacial score (nSPS) is 12.1. The van der Waals surface area contributed by atoms with Crippen LogP contribution < -0.4 is 4.74 Å². The molecule has 14 heavy (non-hydrogen) atoms. The maximum absolute atomic E-state index is 5.49. The average Bonchev–Trinajstić information content (AvgIpc) is 2.19. The minimum Gasteiger partial charge on any atom is -0.465 e. The summed E-state index contributed by atoms with van der Waals surface area (Å²) >= 11 is 0. The van der Waals surface area contributed by atoms with Gasteiger partial charge in [0.15, 0.2) is 6.29 Å². The molecule has 1 aromatic carbocycles. The summed E-state index contributed by atoms with van der Waals surface area (Å²) in [6, 6.07) is 7.93. The summed E-state index contributed by atoms with van der Waals surface area (Å²) in [4.78, 5) is 0. The Morgan fingerprint density at radius 2 is 2.29 bits per heavy atom. The molecule has 0 amide bonds. The van der Waals surface area contributed by atoms with Crippen molar-refractivity contribution in [3.05, 3.63) is 42.5 Å². The number of ether oxygens (including phenoxy) is 2. The lowest BCUT2D eigenvalue weighted by Gasteiger charge is -2.12. The zero-order valence-electron chi connectivity index (χ0n) is 8.69. The predicted molar refractivity (Wildman–Crippen MR) is 57.4 cm³/mol. The maximum atomic E-state index is 5.49. The van der Waals surface area contributed by atoms with Gasteiger partial charge in [0.2, 0.25) is 0 Å². The van der Waals surface area contributed by atoms with Crippen molar-refractivity contribution in [3.8, 4) is 5.75 Å². The third-order valence-electron chi connectivity index (χ3n) is 1.91. The van der Waals surface area contributed by atoms with E-state index in [1.54, 1.807) is 7.11 Å². The first-order valence-electron chi connectivity index (χ1n) is 4.65. The van der Waals surface area contributed by atoms with Crippen LogP contribution in [0.2, 0.25) is 0 Å². The van der Waals surface area contributed by atoms with E-state index in [9.17, 15) is 0 Å². The summed E-state index contributed by atoms with van der Waals surface area (Å²) < 4.78 is 10.5. The summed E-state index contributed by atoms with van der Waals surface area (Å²) in [5.41, 5.74) is 1.20. The van der Waals surface area contributed by atoms with Crippen molar-refractivity contribution < 1.29 is 9.47 Å². The molecule has 1 atom stereocenters. The van der Waals surface area contributed by atoms with Gasteiger partial charge >= 0.3 is 0 Å². The van der Waals surface area contributed by atoms with Crippen LogP contribution in [-0.4, -0.2) is 13.4 Å². The van der Waals surface area contributed by atoms with Crippen molar-refractivity contribution in [2.45, 2.75) is 19.6 Å². The van der Waals surface area contributed by atoms with Gasteiger partial charge in [-0.25, -0.2) is 0 Å². The van der Waals surface area contributed by atoms with Gasteiger partial charge in [-0.1, -0.05) is 18.2 Å². The first-order valence-corrected chi connectivity index (χ1v) is 4.65. The smallest absolute Gasteiger partial charge is 0.196 e. The van der Waals surface area contributed by atoms with Gasteiger partial charge in [0, 0.05) is 7.11 Å². The molecule has 0 N–H and O–H groups in total. The van der Waals surface area contributed by atoms with Crippen LogP contribution in [0.3, 0.4) is 0 Å². The molecule has 1 unspecified atom stereocenters. The van der Waals surface area contributed by atoms with E-state index < -0.39 is 0 Å². The van der Waals surface area contributed by atoms with Crippen molar-refractivity contribution in [1.29, 1.82) is 0 Å². The molecule has 0 bridgehead atoms. The highest BCUT2D eigenvalue weighted by Gasteiger charge is 2.01. The molecule has 1 rings (SSSR count). The SMILES string of the molecule is C=CCc1cccc(OC(C)OC)c1. The molecule has 76 valence electrons. The summed E-state index contributed by atoms with van der Waals surface area (Å²) in [5, 5.41) is 0. The zero-order valence-corrected chi connectivity index (χ0v) is 8.69. The maximum Gasteiger partial charge on any atom is 0.196 e. The summed E-state index contributed by atoms with van der Waals surface area (Å²) in [5.74, 6) is 0.832. The fourth-order valence-electron chi connectivity index (χ4n) is 1.15. The summed E-state index contributed by atoms with van der Waals surface area (Å²) in [6.07, 6.45) is 2.52. The quantitative estimate of drug-likeness (QED) is 0.527. The molecular weight excluding hydrogens is 176 g/mol. The van der Waals surface area contributed by atoms with E-state index in [2.05, 4.69) is 6.58 Å². The Hall–Kier alpha value is -1.28. The highest BCUT2D eigenvalue weighted by molar-refractivity contribution is 5.29. The number of methoxy groups -OCH3 is 1. The van der Waals surface area contributed by atoms with E-state index in [-0.39, 0.29) is 6.29 Å². The van der Waals surface area contributed by atoms with Crippen molar-refractivity contribution in [3.63, 3.8) is 0 Å². The van der Waals surface area contributed by atoms with Crippen LogP contribution in [0.4, 0.5) is 0 Å². The molecular formula is C12H16O2. The monoisotopic (exact) mass is 192 g/mol. The number of hydrogen-bond donors (Lipinski definition) is 0. The van der Waals surface area contributed by atoms with Gasteiger partial charge in [-0.05, 0) is 31.0 Å². The van der Waals surface area contributed by atoms with Crippen molar-refractivity contribution in [2.75, 3.05) is 7.11 Å². The first kappa shape index (κ1) is 10.8. The van der Waals surface area contributed by atoms with Gasteiger partial charge in [0.25, 0.3) is 0 Å². The lowest BCUT2D eigenvalue weighted by Crippen LogP contribution is -2.13. The molecule has 0 heterocycles. The van der Waals surface area contributed by atoms with Gasteiger partial charge in [0.1, 0.15) is 5.75 Å². The van der Waals surface area contributed by atoms with Crippen molar-refractivity contribution in [2.24, 2.45) is 0 Å². The van der Waals surface area contributed by atoms with E-state index in [0.717, 1.165) is 12.2 Å². The standard InChI is InChI=1S/C12H16O2/c1-4-6-11-7-5-8-12(9-11)14-10(2)13-3/h4-5,7-10H,1,6H2,2-3H3. The van der Waals surface area contributed by atoms with Gasteiger partial charge in [-0.2, -0.15) is 0 Å². The molecule has 0 saturated heterocycles. The van der Waals surface area contributed by atoms with Gasteiger partial charge in [-0.15, -0.1) is 6.58 Å². The van der Waals surface area contributed by atoms with Gasteiger partial charge in [0.05, 0.1) is 0 Å². The van der Waals surface area contributed by atoms with E-state index in [1.807, 2.05) is 37.3 Å². The predicted octanol–water partition coefficient (Wildman–Crippen LogP) is 2.79. The number of allylic oxidation sites excluding steroid dienone is 1. The third kappa shape index (κ3) is 3.23. The third-order valence-corrected chi connectivity index (χ3v) is 1.91. The Kier molecular flexibility index (Phi) is 4.20. The van der Waals surface area contributed by atoms with E-state index >= 15 is 0 Å². The molecule has 0 aliphatic rings. The second-order valence-electron chi connectivity index (χ2n) is 3.06. The van der Waals surface area contributed by atoms with Crippen LogP contribution in [0.25, 0.3) is 0 Å². The van der Waals surface area contributed by atoms with Crippen molar-refractivity contribution in [1.82, 2.24) is 0 Å². The molecule has 2 heteroatoms. The van der Waals surface area contributed by atoms with Crippen LogP contribution in [0, 0.1) is 0 Å². The van der Waals surface area contributed by atoms with E-state index in [0.29, 0.717) is 0 Å². The fraction of sp³-hybridized carbons (Fsp3) is 0.333. The fourth-order valence-corrected chi connectivity index (χ4v) is 1.15. The van der Waals surface area contributed by atoms with Crippen LogP contribution >= 0.6 is 0 Å². The number of rotatable bonds is 5. The number of benzene rings is 1. The Labute approximate surface area is 85.2 Å². The van der Waals surface area contributed by atoms with Crippen LogP contribution in [0.15, 0.2) is 36.9 Å². The van der Waals surface area contributed by atoms with Crippen LogP contribution in [0.5, 0.6) is 5.75 Å². The number of hydrogen-bond acceptors (Lipinski definition) is 2. The Morgan fingerprint density at radius 1 is 1.50 bits per heavy atom. The Bertz CT molecular complexity index is 294. The molecule has 0 radical (unpaired) electrons. The lowest BCUT2D eigenvalue weighted by atomic mass is 10.1. The molecule has 1 aromatic rings. The molecule has 2 nitrogen and oxygen atoms in total. The van der Waals surface area contributed by atoms with E-state index in [1.165, 1.54) is 5.56 Å².